The fraction of sp³-hybridized carbons (Fsp3) is 0.200. The molecule has 0 saturated carbocycles. The summed E-state index contributed by atoms with van der Waals surface area (Å²) in [7, 11) is 0. The van der Waals surface area contributed by atoms with Crippen molar-refractivity contribution < 1.29 is 18.7 Å². The predicted octanol–water partition coefficient (Wildman–Crippen LogP) is 4.47. The highest BCUT2D eigenvalue weighted by atomic mass is 19.1. The molecule has 0 aliphatic carbocycles. The van der Waals surface area contributed by atoms with Crippen molar-refractivity contribution in [3.05, 3.63) is 94.5 Å². The summed E-state index contributed by atoms with van der Waals surface area (Å²) in [6.07, 6.45) is 1.95. The highest BCUT2D eigenvalue weighted by molar-refractivity contribution is 5.93. The molecule has 7 heteroatoms. The number of carbonyl (C=O) groups excluding carboxylic acids is 1. The third kappa shape index (κ3) is 3.83. The molecule has 4 rings (SSSR count). The normalized spacial score (nSPS) is 16.1. The predicted molar refractivity (Wildman–Crippen MR) is 117 cm³/mol. The molecule has 6 nitrogen and oxygen atoms in total. The van der Waals surface area contributed by atoms with Crippen LogP contribution in [0.25, 0.3) is 10.9 Å². The number of rotatable bonds is 5. The van der Waals surface area contributed by atoms with Crippen molar-refractivity contribution in [3.8, 4) is 6.07 Å². The summed E-state index contributed by atoms with van der Waals surface area (Å²) in [5.74, 6) is -1.19. The van der Waals surface area contributed by atoms with Crippen LogP contribution in [0.2, 0.25) is 0 Å². The molecule has 0 saturated heterocycles. The van der Waals surface area contributed by atoms with Gasteiger partial charge in [0.05, 0.1) is 18.1 Å². The van der Waals surface area contributed by atoms with E-state index in [1.165, 1.54) is 12.1 Å². The maximum absolute atomic E-state index is 13.2. The van der Waals surface area contributed by atoms with Gasteiger partial charge in [0.2, 0.25) is 5.88 Å². The molecule has 1 aliphatic heterocycles. The second kappa shape index (κ2) is 8.60. The molecular weight excluding hydrogens is 409 g/mol. The van der Waals surface area contributed by atoms with E-state index in [9.17, 15) is 14.4 Å². The molecular formula is C25H22FN3O3. The number of ether oxygens (including phenoxy) is 2. The van der Waals surface area contributed by atoms with Crippen molar-refractivity contribution in [1.82, 2.24) is 4.57 Å². The van der Waals surface area contributed by atoms with E-state index in [0.29, 0.717) is 12.3 Å². The number of nitriles is 1. The first-order valence-corrected chi connectivity index (χ1v) is 10.2. The Morgan fingerprint density at radius 2 is 2.00 bits per heavy atom. The van der Waals surface area contributed by atoms with E-state index in [4.69, 9.17) is 15.2 Å². The van der Waals surface area contributed by atoms with Crippen LogP contribution in [-0.2, 0) is 20.8 Å². The van der Waals surface area contributed by atoms with Gasteiger partial charge < -0.3 is 19.8 Å². The monoisotopic (exact) mass is 431 g/mol. The highest BCUT2D eigenvalue weighted by Gasteiger charge is 2.36. The molecule has 0 bridgehead atoms. The lowest BCUT2D eigenvalue weighted by atomic mass is 9.83. The number of allylic oxidation sites excluding steroid dienone is 2. The summed E-state index contributed by atoms with van der Waals surface area (Å²) < 4.78 is 25.9. The number of esters is 1. The molecule has 2 N–H and O–H groups in total. The molecule has 1 aliphatic rings. The number of benzene rings is 2. The average Bonchev–Trinajstić information content (AvgIpc) is 3.17. The molecule has 0 fully saturated rings. The number of nitrogens with zero attached hydrogens (tertiary/aromatic N) is 2. The van der Waals surface area contributed by atoms with Crippen molar-refractivity contribution >= 4 is 16.9 Å². The lowest BCUT2D eigenvalue weighted by molar-refractivity contribution is -0.139. The van der Waals surface area contributed by atoms with Gasteiger partial charge in [-0.1, -0.05) is 18.2 Å². The Hall–Kier alpha value is -4.05. The SMILES string of the molecule is CCOC(=O)C1=C(C)OC(N)=C(C#N)C1c1ccc2c(ccn2Cc2ccc(F)cc2)c1. The highest BCUT2D eigenvalue weighted by Crippen LogP contribution is 2.40. The van der Waals surface area contributed by atoms with Crippen LogP contribution >= 0.6 is 0 Å². The zero-order valence-electron chi connectivity index (χ0n) is 17.8. The van der Waals surface area contributed by atoms with Crippen molar-refractivity contribution in [2.24, 2.45) is 5.73 Å². The van der Waals surface area contributed by atoms with Crippen LogP contribution in [0.15, 0.2) is 77.5 Å². The Bertz CT molecular complexity index is 1300. The molecule has 1 unspecified atom stereocenters. The third-order valence-electron chi connectivity index (χ3n) is 5.50. The summed E-state index contributed by atoms with van der Waals surface area (Å²) in [5, 5.41) is 10.7. The van der Waals surface area contributed by atoms with Crippen LogP contribution in [0.5, 0.6) is 0 Å². The average molecular weight is 431 g/mol. The zero-order valence-corrected chi connectivity index (χ0v) is 17.8. The van der Waals surface area contributed by atoms with Crippen LogP contribution in [0.3, 0.4) is 0 Å². The summed E-state index contributed by atoms with van der Waals surface area (Å²) in [4.78, 5) is 12.7. The van der Waals surface area contributed by atoms with Crippen molar-refractivity contribution in [2.45, 2.75) is 26.3 Å². The summed E-state index contributed by atoms with van der Waals surface area (Å²) in [6, 6.07) is 16.2. The van der Waals surface area contributed by atoms with Crippen LogP contribution < -0.4 is 5.73 Å². The Balaban J connectivity index is 1.75. The first-order valence-electron chi connectivity index (χ1n) is 10.2. The van der Waals surface area contributed by atoms with Gasteiger partial charge in [0.25, 0.3) is 0 Å². The van der Waals surface area contributed by atoms with Crippen LogP contribution in [0.1, 0.15) is 30.9 Å². The summed E-state index contributed by atoms with van der Waals surface area (Å²) in [5.41, 5.74) is 9.10. The number of nitrogens with two attached hydrogens (primary N) is 1. The second-order valence-electron chi connectivity index (χ2n) is 7.50. The molecule has 3 aromatic rings. The van der Waals surface area contributed by atoms with Gasteiger partial charge in [-0.3, -0.25) is 0 Å². The van der Waals surface area contributed by atoms with E-state index in [-0.39, 0.29) is 29.5 Å². The van der Waals surface area contributed by atoms with Gasteiger partial charge in [-0.2, -0.15) is 5.26 Å². The van der Waals surface area contributed by atoms with Crippen LogP contribution in [0, 0.1) is 17.1 Å². The fourth-order valence-corrected chi connectivity index (χ4v) is 4.01. The number of carbonyl (C=O) groups is 1. The quantitative estimate of drug-likeness (QED) is 0.602. The first kappa shape index (κ1) is 21.2. The van der Waals surface area contributed by atoms with Gasteiger partial charge in [-0.05, 0) is 60.7 Å². The van der Waals surface area contributed by atoms with Gasteiger partial charge in [-0.25, -0.2) is 9.18 Å². The van der Waals surface area contributed by atoms with Gasteiger partial charge in [0.1, 0.15) is 23.2 Å². The minimum absolute atomic E-state index is 0.0166. The molecule has 0 spiro atoms. The molecule has 32 heavy (non-hydrogen) atoms. The lowest BCUT2D eigenvalue weighted by Gasteiger charge is -2.27. The smallest absolute Gasteiger partial charge is 0.338 e. The topological polar surface area (TPSA) is 90.3 Å². The van der Waals surface area contributed by atoms with Crippen molar-refractivity contribution in [3.63, 3.8) is 0 Å². The number of fused-ring (bicyclic) bond motifs is 1. The fourth-order valence-electron chi connectivity index (χ4n) is 4.01. The van der Waals surface area contributed by atoms with Gasteiger partial charge in [-0.15, -0.1) is 0 Å². The van der Waals surface area contributed by atoms with E-state index in [1.807, 2.05) is 30.5 Å². The minimum atomic E-state index is -0.683. The maximum Gasteiger partial charge on any atom is 0.338 e. The zero-order chi connectivity index (χ0) is 22.8. The summed E-state index contributed by atoms with van der Waals surface area (Å²) >= 11 is 0. The molecule has 0 amide bonds. The van der Waals surface area contributed by atoms with E-state index >= 15 is 0 Å². The Morgan fingerprint density at radius 3 is 2.69 bits per heavy atom. The Kier molecular flexibility index (Phi) is 5.69. The summed E-state index contributed by atoms with van der Waals surface area (Å²) in [6.45, 7) is 4.15. The number of hydrogen-bond acceptors (Lipinski definition) is 5. The molecule has 0 radical (unpaired) electrons. The van der Waals surface area contributed by atoms with E-state index < -0.39 is 11.9 Å². The molecule has 2 aromatic carbocycles. The Labute approximate surface area is 185 Å². The molecule has 162 valence electrons. The van der Waals surface area contributed by atoms with E-state index in [2.05, 4.69) is 10.6 Å². The van der Waals surface area contributed by atoms with Crippen LogP contribution in [0.4, 0.5) is 4.39 Å². The van der Waals surface area contributed by atoms with E-state index in [1.54, 1.807) is 26.0 Å². The largest absolute Gasteiger partial charge is 0.463 e. The first-order chi connectivity index (χ1) is 15.4. The standard InChI is InChI=1S/C25H22FN3O3/c1-3-31-25(30)22-15(2)32-24(28)20(13-27)23(22)18-6-9-21-17(12-18)10-11-29(21)14-16-4-7-19(26)8-5-16/h4-12,23H,3,14,28H2,1-2H3. The van der Waals surface area contributed by atoms with Gasteiger partial charge in [0.15, 0.2) is 0 Å². The van der Waals surface area contributed by atoms with Gasteiger partial charge >= 0.3 is 5.97 Å². The number of hydrogen-bond donors (Lipinski definition) is 1. The van der Waals surface area contributed by atoms with Crippen molar-refractivity contribution in [2.75, 3.05) is 6.61 Å². The van der Waals surface area contributed by atoms with Crippen molar-refractivity contribution in [1.29, 1.82) is 5.26 Å². The second-order valence-corrected chi connectivity index (χ2v) is 7.50. The molecule has 2 heterocycles. The van der Waals surface area contributed by atoms with Gasteiger partial charge in [0, 0.05) is 18.3 Å². The number of halogens is 1. The molecule has 1 aromatic heterocycles. The number of aromatic nitrogens is 1. The van der Waals surface area contributed by atoms with E-state index in [0.717, 1.165) is 22.0 Å². The Morgan fingerprint density at radius 1 is 1.25 bits per heavy atom. The lowest BCUT2D eigenvalue weighted by Crippen LogP contribution is -2.25. The molecule has 1 atom stereocenters. The third-order valence-corrected chi connectivity index (χ3v) is 5.50. The maximum atomic E-state index is 13.2. The van der Waals surface area contributed by atoms with Crippen LogP contribution in [-0.4, -0.2) is 17.1 Å². The minimum Gasteiger partial charge on any atom is -0.463 e.